The zero-order valence-corrected chi connectivity index (χ0v) is 13.9. The smallest absolute Gasteiger partial charge is 0.336 e. The summed E-state index contributed by atoms with van der Waals surface area (Å²) in [7, 11) is 1.54. The highest BCUT2D eigenvalue weighted by Crippen LogP contribution is 2.37. The Morgan fingerprint density at radius 3 is 2.76 bits per heavy atom. The largest absolute Gasteiger partial charge is 0.493 e. The van der Waals surface area contributed by atoms with Gasteiger partial charge in [0, 0.05) is 5.56 Å². The van der Waals surface area contributed by atoms with Gasteiger partial charge >= 0.3 is 5.97 Å². The Kier molecular flexibility index (Phi) is 4.79. The molecule has 0 aromatic heterocycles. The Hall–Kier alpha value is -3.15. The predicted molar refractivity (Wildman–Crippen MR) is 92.2 cm³/mol. The monoisotopic (exact) mass is 342 g/mol. The SMILES string of the molecule is CCOc1c(/C=C(\C(=O)O)c2ccc3c(c2)OCO3)cccc1OC. The molecule has 0 spiro atoms. The lowest BCUT2D eigenvalue weighted by atomic mass is 10.0. The van der Waals surface area contributed by atoms with E-state index in [4.69, 9.17) is 18.9 Å². The van der Waals surface area contributed by atoms with Crippen molar-refractivity contribution in [3.05, 3.63) is 47.5 Å². The first-order valence-corrected chi connectivity index (χ1v) is 7.79. The summed E-state index contributed by atoms with van der Waals surface area (Å²) in [6.07, 6.45) is 1.56. The van der Waals surface area contributed by atoms with Crippen molar-refractivity contribution in [1.82, 2.24) is 0 Å². The third-order valence-corrected chi connectivity index (χ3v) is 3.73. The van der Waals surface area contributed by atoms with E-state index < -0.39 is 5.97 Å². The number of rotatable bonds is 6. The van der Waals surface area contributed by atoms with Crippen LogP contribution in [0.15, 0.2) is 36.4 Å². The van der Waals surface area contributed by atoms with Gasteiger partial charge in [0.15, 0.2) is 23.0 Å². The van der Waals surface area contributed by atoms with Crippen LogP contribution in [0.1, 0.15) is 18.1 Å². The molecule has 1 aliphatic heterocycles. The molecule has 0 unspecified atom stereocenters. The number of carboxylic acids is 1. The summed E-state index contributed by atoms with van der Waals surface area (Å²) in [4.78, 5) is 11.8. The summed E-state index contributed by atoms with van der Waals surface area (Å²) in [5.74, 6) is 1.13. The summed E-state index contributed by atoms with van der Waals surface area (Å²) < 4.78 is 21.5. The second-order valence-electron chi connectivity index (χ2n) is 5.24. The Balaban J connectivity index is 2.09. The van der Waals surface area contributed by atoms with Gasteiger partial charge in [0.2, 0.25) is 6.79 Å². The van der Waals surface area contributed by atoms with E-state index in [1.165, 1.54) is 0 Å². The number of hydrogen-bond donors (Lipinski definition) is 1. The molecule has 0 radical (unpaired) electrons. The van der Waals surface area contributed by atoms with E-state index in [0.717, 1.165) is 0 Å². The predicted octanol–water partition coefficient (Wildman–Crippen LogP) is 3.45. The molecule has 0 aliphatic carbocycles. The molecule has 6 heteroatoms. The lowest BCUT2D eigenvalue weighted by Crippen LogP contribution is -2.01. The van der Waals surface area contributed by atoms with Gasteiger partial charge in [-0.1, -0.05) is 18.2 Å². The number of carbonyl (C=O) groups is 1. The van der Waals surface area contributed by atoms with Crippen LogP contribution < -0.4 is 18.9 Å². The molecule has 2 aromatic carbocycles. The topological polar surface area (TPSA) is 74.2 Å². The van der Waals surface area contributed by atoms with Gasteiger partial charge in [0.25, 0.3) is 0 Å². The molecule has 1 aliphatic rings. The van der Waals surface area contributed by atoms with E-state index in [1.54, 1.807) is 49.6 Å². The molecule has 6 nitrogen and oxygen atoms in total. The lowest BCUT2D eigenvalue weighted by Gasteiger charge is -2.13. The van der Waals surface area contributed by atoms with Gasteiger partial charge in [-0.3, -0.25) is 0 Å². The highest BCUT2D eigenvalue weighted by molar-refractivity contribution is 6.21. The third-order valence-electron chi connectivity index (χ3n) is 3.73. The van der Waals surface area contributed by atoms with Crippen LogP contribution in [0.5, 0.6) is 23.0 Å². The number of para-hydroxylation sites is 1. The summed E-state index contributed by atoms with van der Waals surface area (Å²) in [5, 5.41) is 9.67. The number of aliphatic carboxylic acids is 1. The van der Waals surface area contributed by atoms with Gasteiger partial charge in [-0.05, 0) is 36.8 Å². The van der Waals surface area contributed by atoms with E-state index in [-0.39, 0.29) is 12.4 Å². The van der Waals surface area contributed by atoms with Crippen LogP contribution in [0, 0.1) is 0 Å². The molecule has 3 rings (SSSR count). The molecule has 1 heterocycles. The number of fused-ring (bicyclic) bond motifs is 1. The fraction of sp³-hybridized carbons (Fsp3) is 0.211. The molecule has 0 fully saturated rings. The van der Waals surface area contributed by atoms with Crippen molar-refractivity contribution in [2.45, 2.75) is 6.92 Å². The van der Waals surface area contributed by atoms with E-state index >= 15 is 0 Å². The van der Waals surface area contributed by atoms with Crippen LogP contribution in [-0.2, 0) is 4.79 Å². The number of benzene rings is 2. The number of carboxylic acid groups (broad SMARTS) is 1. The van der Waals surface area contributed by atoms with Crippen molar-refractivity contribution in [1.29, 1.82) is 0 Å². The fourth-order valence-corrected chi connectivity index (χ4v) is 2.59. The Bertz CT molecular complexity index is 825. The molecule has 1 N–H and O–H groups in total. The maximum absolute atomic E-state index is 11.8. The van der Waals surface area contributed by atoms with E-state index in [0.29, 0.717) is 40.7 Å². The van der Waals surface area contributed by atoms with E-state index in [1.807, 2.05) is 6.92 Å². The van der Waals surface area contributed by atoms with Crippen LogP contribution in [0.2, 0.25) is 0 Å². The third kappa shape index (κ3) is 3.38. The van der Waals surface area contributed by atoms with Crippen LogP contribution in [0.3, 0.4) is 0 Å². The molecule has 0 saturated heterocycles. The van der Waals surface area contributed by atoms with Gasteiger partial charge < -0.3 is 24.1 Å². The van der Waals surface area contributed by atoms with Gasteiger partial charge in [0.1, 0.15) is 0 Å². The van der Waals surface area contributed by atoms with E-state index in [2.05, 4.69) is 0 Å². The molecule has 130 valence electrons. The summed E-state index contributed by atoms with van der Waals surface area (Å²) >= 11 is 0. The quantitative estimate of drug-likeness (QED) is 0.640. The maximum atomic E-state index is 11.8. The minimum absolute atomic E-state index is 0.118. The molecule has 25 heavy (non-hydrogen) atoms. The van der Waals surface area contributed by atoms with Crippen molar-refractivity contribution in [3.63, 3.8) is 0 Å². The van der Waals surface area contributed by atoms with Crippen molar-refractivity contribution < 1.29 is 28.8 Å². The number of methoxy groups -OCH3 is 1. The highest BCUT2D eigenvalue weighted by Gasteiger charge is 2.19. The molecule has 0 atom stereocenters. The minimum atomic E-state index is -1.05. The first-order valence-electron chi connectivity index (χ1n) is 7.79. The fourth-order valence-electron chi connectivity index (χ4n) is 2.59. The van der Waals surface area contributed by atoms with Crippen LogP contribution in [0.4, 0.5) is 0 Å². The molecule has 2 aromatic rings. The molecular weight excluding hydrogens is 324 g/mol. The maximum Gasteiger partial charge on any atom is 0.336 e. The van der Waals surface area contributed by atoms with Crippen LogP contribution >= 0.6 is 0 Å². The summed E-state index contributed by atoms with van der Waals surface area (Å²) in [6.45, 7) is 2.43. The average Bonchev–Trinajstić information content (AvgIpc) is 3.08. The summed E-state index contributed by atoms with van der Waals surface area (Å²) in [6, 6.07) is 10.4. The summed E-state index contributed by atoms with van der Waals surface area (Å²) in [5.41, 5.74) is 1.26. The number of ether oxygens (including phenoxy) is 4. The molecule has 0 saturated carbocycles. The second-order valence-corrected chi connectivity index (χ2v) is 5.24. The van der Waals surface area contributed by atoms with Crippen molar-refractivity contribution in [2.24, 2.45) is 0 Å². The van der Waals surface area contributed by atoms with Crippen molar-refractivity contribution in [3.8, 4) is 23.0 Å². The van der Waals surface area contributed by atoms with Gasteiger partial charge in [0.05, 0.1) is 19.3 Å². The second kappa shape index (κ2) is 7.17. The zero-order chi connectivity index (χ0) is 17.8. The van der Waals surface area contributed by atoms with Crippen LogP contribution in [-0.4, -0.2) is 31.6 Å². The van der Waals surface area contributed by atoms with Crippen LogP contribution in [0.25, 0.3) is 11.6 Å². The van der Waals surface area contributed by atoms with Gasteiger partial charge in [-0.2, -0.15) is 0 Å². The lowest BCUT2D eigenvalue weighted by molar-refractivity contribution is -0.130. The average molecular weight is 342 g/mol. The van der Waals surface area contributed by atoms with Gasteiger partial charge in [-0.25, -0.2) is 4.79 Å². The Morgan fingerprint density at radius 1 is 1.24 bits per heavy atom. The zero-order valence-electron chi connectivity index (χ0n) is 13.9. The van der Waals surface area contributed by atoms with Crippen molar-refractivity contribution >= 4 is 17.6 Å². The first kappa shape index (κ1) is 16.7. The van der Waals surface area contributed by atoms with E-state index in [9.17, 15) is 9.90 Å². The van der Waals surface area contributed by atoms with Gasteiger partial charge in [-0.15, -0.1) is 0 Å². The molecule has 0 amide bonds. The Morgan fingerprint density at radius 2 is 2.04 bits per heavy atom. The standard InChI is InChI=1S/C19H18O6/c1-3-23-18-13(5-4-6-16(18)22-2)9-14(19(20)21)12-7-8-15-17(10-12)25-11-24-15/h4-10H,3,11H2,1-2H3,(H,20,21)/b14-9-. The molecule has 0 bridgehead atoms. The number of hydrogen-bond acceptors (Lipinski definition) is 5. The Labute approximate surface area is 145 Å². The minimum Gasteiger partial charge on any atom is -0.493 e. The van der Waals surface area contributed by atoms with Crippen molar-refractivity contribution in [2.75, 3.05) is 20.5 Å². The first-order chi connectivity index (χ1) is 12.1. The highest BCUT2D eigenvalue weighted by atomic mass is 16.7. The molecular formula is C19H18O6. The normalized spacial score (nSPS) is 12.8.